The fourth-order valence-corrected chi connectivity index (χ4v) is 1.60. The van der Waals surface area contributed by atoms with Crippen LogP contribution >= 0.6 is 0 Å². The van der Waals surface area contributed by atoms with Crippen LogP contribution < -0.4 is 10.1 Å². The van der Waals surface area contributed by atoms with Crippen LogP contribution in [0.2, 0.25) is 0 Å². The van der Waals surface area contributed by atoms with Crippen molar-refractivity contribution < 1.29 is 29.0 Å². The lowest BCUT2D eigenvalue weighted by Gasteiger charge is -2.10. The van der Waals surface area contributed by atoms with Gasteiger partial charge in [-0.3, -0.25) is 9.59 Å². The highest BCUT2D eigenvalue weighted by Gasteiger charge is 2.14. The minimum absolute atomic E-state index is 0.0573. The summed E-state index contributed by atoms with van der Waals surface area (Å²) in [5, 5.41) is 11.6. The molecule has 0 atom stereocenters. The van der Waals surface area contributed by atoms with Gasteiger partial charge in [0, 0.05) is 6.42 Å². The molecular weight excluding hydrogens is 278 g/mol. The van der Waals surface area contributed by atoms with Gasteiger partial charge in [0.05, 0.1) is 31.4 Å². The van der Waals surface area contributed by atoms with Gasteiger partial charge < -0.3 is 19.9 Å². The van der Waals surface area contributed by atoms with Gasteiger partial charge in [-0.1, -0.05) is 0 Å². The lowest BCUT2D eigenvalue weighted by Crippen LogP contribution is -2.16. The van der Waals surface area contributed by atoms with Gasteiger partial charge in [-0.2, -0.15) is 0 Å². The number of amides is 1. The van der Waals surface area contributed by atoms with Gasteiger partial charge in [0.25, 0.3) is 0 Å². The molecule has 0 radical (unpaired) electrons. The van der Waals surface area contributed by atoms with Crippen molar-refractivity contribution in [3.8, 4) is 5.75 Å². The SMILES string of the molecule is CCOC(=O)CCC(=O)Nc1ccc(OC)cc1C(=O)O. The van der Waals surface area contributed by atoms with Crippen LogP contribution in [-0.2, 0) is 14.3 Å². The van der Waals surface area contributed by atoms with Gasteiger partial charge in [0.1, 0.15) is 5.75 Å². The maximum absolute atomic E-state index is 11.7. The second kappa shape index (κ2) is 7.88. The van der Waals surface area contributed by atoms with Gasteiger partial charge in [-0.25, -0.2) is 4.79 Å². The third-order valence-corrected chi connectivity index (χ3v) is 2.59. The first-order valence-corrected chi connectivity index (χ1v) is 6.34. The van der Waals surface area contributed by atoms with E-state index in [9.17, 15) is 14.4 Å². The highest BCUT2D eigenvalue weighted by molar-refractivity contribution is 6.01. The highest BCUT2D eigenvalue weighted by atomic mass is 16.5. The minimum Gasteiger partial charge on any atom is -0.497 e. The quantitative estimate of drug-likeness (QED) is 0.742. The molecule has 0 aromatic heterocycles. The Hall–Kier alpha value is -2.57. The van der Waals surface area contributed by atoms with Gasteiger partial charge in [-0.15, -0.1) is 0 Å². The maximum atomic E-state index is 11.7. The number of aromatic carboxylic acids is 1. The number of rotatable bonds is 7. The molecule has 1 aromatic carbocycles. The van der Waals surface area contributed by atoms with E-state index >= 15 is 0 Å². The largest absolute Gasteiger partial charge is 0.497 e. The van der Waals surface area contributed by atoms with E-state index < -0.39 is 17.8 Å². The number of carboxylic acid groups (broad SMARTS) is 1. The van der Waals surface area contributed by atoms with Crippen LogP contribution in [0, 0.1) is 0 Å². The Labute approximate surface area is 121 Å². The Balaban J connectivity index is 2.71. The number of carboxylic acids is 1. The molecular formula is C14H17NO6. The number of esters is 1. The van der Waals surface area contributed by atoms with Crippen molar-refractivity contribution >= 4 is 23.5 Å². The lowest BCUT2D eigenvalue weighted by molar-refractivity contribution is -0.144. The van der Waals surface area contributed by atoms with Gasteiger partial charge in [0.15, 0.2) is 0 Å². The van der Waals surface area contributed by atoms with Gasteiger partial charge >= 0.3 is 11.9 Å². The average molecular weight is 295 g/mol. The first-order chi connectivity index (χ1) is 9.97. The Bertz CT molecular complexity index is 540. The zero-order chi connectivity index (χ0) is 15.8. The van der Waals surface area contributed by atoms with Crippen molar-refractivity contribution in [3.05, 3.63) is 23.8 Å². The number of hydrogen-bond acceptors (Lipinski definition) is 5. The van der Waals surface area contributed by atoms with Crippen molar-refractivity contribution in [2.75, 3.05) is 19.0 Å². The van der Waals surface area contributed by atoms with Crippen molar-refractivity contribution in [1.29, 1.82) is 0 Å². The van der Waals surface area contributed by atoms with Crippen LogP contribution in [0.3, 0.4) is 0 Å². The molecule has 1 rings (SSSR count). The Kier molecular flexibility index (Phi) is 6.19. The summed E-state index contributed by atoms with van der Waals surface area (Å²) >= 11 is 0. The Morgan fingerprint density at radius 3 is 2.52 bits per heavy atom. The van der Waals surface area contributed by atoms with Crippen LogP contribution in [0.25, 0.3) is 0 Å². The van der Waals surface area contributed by atoms with E-state index in [0.29, 0.717) is 5.75 Å². The maximum Gasteiger partial charge on any atom is 0.337 e. The number of ether oxygens (including phenoxy) is 2. The number of benzene rings is 1. The van der Waals surface area contributed by atoms with Crippen LogP contribution in [0.4, 0.5) is 5.69 Å². The fraction of sp³-hybridized carbons (Fsp3) is 0.357. The van der Waals surface area contributed by atoms with Crippen LogP contribution in [0.1, 0.15) is 30.1 Å². The number of hydrogen-bond donors (Lipinski definition) is 2. The zero-order valence-electron chi connectivity index (χ0n) is 11.8. The molecule has 0 fully saturated rings. The molecule has 0 heterocycles. The molecule has 0 saturated carbocycles. The third kappa shape index (κ3) is 5.13. The van der Waals surface area contributed by atoms with Gasteiger partial charge in [0.2, 0.25) is 5.91 Å². The van der Waals surface area contributed by atoms with Gasteiger partial charge in [-0.05, 0) is 25.1 Å². The summed E-state index contributed by atoms with van der Waals surface area (Å²) < 4.78 is 9.64. The predicted octanol–water partition coefficient (Wildman–Crippen LogP) is 1.68. The summed E-state index contributed by atoms with van der Waals surface area (Å²) in [7, 11) is 1.42. The number of carbonyl (C=O) groups is 3. The van der Waals surface area contributed by atoms with E-state index in [4.69, 9.17) is 14.6 Å². The minimum atomic E-state index is -1.19. The molecule has 0 aliphatic heterocycles. The predicted molar refractivity (Wildman–Crippen MR) is 74.5 cm³/mol. The third-order valence-electron chi connectivity index (χ3n) is 2.59. The molecule has 0 aliphatic rings. The standard InChI is InChI=1S/C14H17NO6/c1-3-21-13(17)7-6-12(16)15-11-5-4-9(20-2)8-10(11)14(18)19/h4-5,8H,3,6-7H2,1-2H3,(H,15,16)(H,18,19). The number of carbonyl (C=O) groups excluding carboxylic acids is 2. The second-order valence-corrected chi connectivity index (χ2v) is 4.07. The van der Waals surface area contributed by atoms with Crippen LogP contribution in [0.15, 0.2) is 18.2 Å². The molecule has 114 valence electrons. The van der Waals surface area contributed by atoms with E-state index in [-0.39, 0.29) is 30.7 Å². The van der Waals surface area contributed by atoms with Crippen molar-refractivity contribution in [2.45, 2.75) is 19.8 Å². The van der Waals surface area contributed by atoms with Crippen LogP contribution in [0.5, 0.6) is 5.75 Å². The number of nitrogens with one attached hydrogen (secondary N) is 1. The summed E-state index contributed by atoms with van der Waals surface area (Å²) in [5.74, 6) is -1.75. The normalized spacial score (nSPS) is 9.81. The van der Waals surface area contributed by atoms with E-state index in [1.54, 1.807) is 6.92 Å². The van der Waals surface area contributed by atoms with E-state index in [1.165, 1.54) is 25.3 Å². The summed E-state index contributed by atoms with van der Waals surface area (Å²) in [5.41, 5.74) is 0.0657. The molecule has 7 nitrogen and oxygen atoms in total. The molecule has 0 saturated heterocycles. The first kappa shape index (κ1) is 16.5. The van der Waals surface area contributed by atoms with Crippen molar-refractivity contribution in [1.82, 2.24) is 0 Å². The summed E-state index contributed by atoms with van der Waals surface area (Å²) in [6, 6.07) is 4.28. The topological polar surface area (TPSA) is 102 Å². The molecule has 0 unspecified atom stereocenters. The molecule has 21 heavy (non-hydrogen) atoms. The van der Waals surface area contributed by atoms with Crippen molar-refractivity contribution in [2.24, 2.45) is 0 Å². The Morgan fingerprint density at radius 1 is 1.24 bits per heavy atom. The smallest absolute Gasteiger partial charge is 0.337 e. The molecule has 7 heteroatoms. The molecule has 0 aliphatic carbocycles. The fourth-order valence-electron chi connectivity index (χ4n) is 1.60. The summed E-state index contributed by atoms with van der Waals surface area (Å²) in [4.78, 5) is 34.0. The molecule has 0 spiro atoms. The van der Waals surface area contributed by atoms with Crippen molar-refractivity contribution in [3.63, 3.8) is 0 Å². The Morgan fingerprint density at radius 2 is 1.95 bits per heavy atom. The first-order valence-electron chi connectivity index (χ1n) is 6.34. The molecule has 2 N–H and O–H groups in total. The second-order valence-electron chi connectivity index (χ2n) is 4.07. The molecule has 0 bridgehead atoms. The summed E-state index contributed by atoms with van der Waals surface area (Å²) in [6.45, 7) is 1.93. The monoisotopic (exact) mass is 295 g/mol. The lowest BCUT2D eigenvalue weighted by atomic mass is 10.1. The zero-order valence-corrected chi connectivity index (χ0v) is 11.8. The molecule has 1 amide bonds. The average Bonchev–Trinajstić information content (AvgIpc) is 2.45. The van der Waals surface area contributed by atoms with E-state index in [2.05, 4.69) is 5.32 Å². The van der Waals surface area contributed by atoms with Crippen LogP contribution in [-0.4, -0.2) is 36.7 Å². The number of methoxy groups -OCH3 is 1. The summed E-state index contributed by atoms with van der Waals surface area (Å²) in [6.07, 6.45) is -0.137. The highest BCUT2D eigenvalue weighted by Crippen LogP contribution is 2.22. The molecule has 1 aromatic rings. The van der Waals surface area contributed by atoms with E-state index in [0.717, 1.165) is 0 Å². The number of anilines is 1. The van der Waals surface area contributed by atoms with E-state index in [1.807, 2.05) is 0 Å².